The molecule has 27 heavy (non-hydrogen) atoms. The maximum Gasteiger partial charge on any atom is 0.319 e. The molecule has 2 N–H and O–H groups in total. The Labute approximate surface area is 159 Å². The van der Waals surface area contributed by atoms with Crippen LogP contribution in [0.2, 0.25) is 0 Å². The minimum Gasteiger partial charge on any atom is -0.335 e. The van der Waals surface area contributed by atoms with Gasteiger partial charge in [0.15, 0.2) is 0 Å². The van der Waals surface area contributed by atoms with Crippen LogP contribution >= 0.6 is 0 Å². The number of hydrogen-bond acceptors (Lipinski definition) is 3. The second-order valence-electron chi connectivity index (χ2n) is 7.48. The summed E-state index contributed by atoms with van der Waals surface area (Å²) in [6, 6.07) is 13.9. The van der Waals surface area contributed by atoms with E-state index >= 15 is 0 Å². The molecule has 6 heteroatoms. The Morgan fingerprint density at radius 3 is 2.44 bits per heavy atom. The zero-order chi connectivity index (χ0) is 18.6. The highest BCUT2D eigenvalue weighted by Crippen LogP contribution is 2.29. The summed E-state index contributed by atoms with van der Waals surface area (Å²) in [5, 5.41) is 5.75. The average molecular weight is 366 g/mol. The zero-order valence-electron chi connectivity index (χ0n) is 15.4. The minimum atomic E-state index is -0.297. The number of anilines is 1. The molecule has 2 aromatic rings. The standard InChI is InChI=1S/C21H26N4O2/c26-20-19(7-4-12-25(20)15-16-5-2-1-3-6-16)23-21(27)22-17-10-13-24(14-11-17)18-8-9-18/h1-7,12,17-18H,8-11,13-15H2,(H2,22,23,27). The van der Waals surface area contributed by atoms with Gasteiger partial charge >= 0.3 is 6.03 Å². The number of urea groups is 1. The van der Waals surface area contributed by atoms with Crippen LogP contribution in [0, 0.1) is 0 Å². The molecule has 2 aliphatic rings. The number of piperidine rings is 1. The van der Waals surface area contributed by atoms with Gasteiger partial charge in [0, 0.05) is 31.4 Å². The highest BCUT2D eigenvalue weighted by molar-refractivity contribution is 5.89. The van der Waals surface area contributed by atoms with Gasteiger partial charge in [-0.05, 0) is 43.4 Å². The van der Waals surface area contributed by atoms with Gasteiger partial charge in [0.05, 0.1) is 6.54 Å². The number of rotatable bonds is 5. The third-order valence-corrected chi connectivity index (χ3v) is 5.39. The molecule has 1 aliphatic heterocycles. The van der Waals surface area contributed by atoms with E-state index in [1.807, 2.05) is 30.3 Å². The molecule has 6 nitrogen and oxygen atoms in total. The predicted molar refractivity (Wildman–Crippen MR) is 106 cm³/mol. The summed E-state index contributed by atoms with van der Waals surface area (Å²) >= 11 is 0. The van der Waals surface area contributed by atoms with Crippen molar-refractivity contribution in [2.75, 3.05) is 18.4 Å². The molecule has 142 valence electrons. The normalized spacial score (nSPS) is 18.2. The van der Waals surface area contributed by atoms with E-state index in [2.05, 4.69) is 15.5 Å². The van der Waals surface area contributed by atoms with Crippen molar-refractivity contribution in [3.05, 3.63) is 64.6 Å². The van der Waals surface area contributed by atoms with E-state index in [0.29, 0.717) is 12.2 Å². The molecule has 0 atom stereocenters. The molecule has 2 fully saturated rings. The SMILES string of the molecule is O=C(Nc1cccn(Cc2ccccc2)c1=O)NC1CCN(C2CC2)CC1. The molecule has 0 bridgehead atoms. The summed E-state index contributed by atoms with van der Waals surface area (Å²) in [7, 11) is 0. The number of nitrogens with one attached hydrogen (secondary N) is 2. The minimum absolute atomic E-state index is 0.176. The van der Waals surface area contributed by atoms with Crippen molar-refractivity contribution >= 4 is 11.7 Å². The molecule has 0 spiro atoms. The molecule has 1 aromatic heterocycles. The van der Waals surface area contributed by atoms with Gasteiger partial charge < -0.3 is 20.1 Å². The van der Waals surface area contributed by atoms with Gasteiger partial charge in [-0.1, -0.05) is 30.3 Å². The van der Waals surface area contributed by atoms with Gasteiger partial charge in [0.1, 0.15) is 5.69 Å². The number of nitrogens with zero attached hydrogens (tertiary/aromatic N) is 2. The van der Waals surface area contributed by atoms with Gasteiger partial charge in [0.25, 0.3) is 5.56 Å². The number of aromatic nitrogens is 1. The Morgan fingerprint density at radius 1 is 1.00 bits per heavy atom. The highest BCUT2D eigenvalue weighted by atomic mass is 16.2. The van der Waals surface area contributed by atoms with Gasteiger partial charge in [-0.2, -0.15) is 0 Å². The quantitative estimate of drug-likeness (QED) is 0.855. The second-order valence-corrected chi connectivity index (χ2v) is 7.48. The first-order valence-electron chi connectivity index (χ1n) is 9.74. The molecule has 0 unspecified atom stereocenters. The van der Waals surface area contributed by atoms with E-state index in [-0.39, 0.29) is 17.6 Å². The van der Waals surface area contributed by atoms with Crippen LogP contribution in [0.4, 0.5) is 10.5 Å². The van der Waals surface area contributed by atoms with E-state index < -0.39 is 0 Å². The van der Waals surface area contributed by atoms with E-state index in [9.17, 15) is 9.59 Å². The van der Waals surface area contributed by atoms with Crippen LogP contribution in [0.25, 0.3) is 0 Å². The third-order valence-electron chi connectivity index (χ3n) is 5.39. The average Bonchev–Trinajstić information content (AvgIpc) is 3.52. The van der Waals surface area contributed by atoms with Crippen LogP contribution in [0.15, 0.2) is 53.5 Å². The zero-order valence-corrected chi connectivity index (χ0v) is 15.4. The summed E-state index contributed by atoms with van der Waals surface area (Å²) in [5.41, 5.74) is 1.16. The fourth-order valence-electron chi connectivity index (χ4n) is 3.73. The Kier molecular flexibility index (Phi) is 5.25. The summed E-state index contributed by atoms with van der Waals surface area (Å²) in [6.07, 6.45) is 6.32. The molecule has 4 rings (SSSR count). The number of likely N-dealkylation sites (tertiary alicyclic amines) is 1. The maximum atomic E-state index is 12.6. The lowest BCUT2D eigenvalue weighted by molar-refractivity contribution is 0.189. The largest absolute Gasteiger partial charge is 0.335 e. The van der Waals surface area contributed by atoms with Crippen molar-refractivity contribution in [1.82, 2.24) is 14.8 Å². The van der Waals surface area contributed by atoms with Crippen molar-refractivity contribution < 1.29 is 4.79 Å². The lowest BCUT2D eigenvalue weighted by Crippen LogP contribution is -2.46. The first kappa shape index (κ1) is 17.8. The Bertz CT molecular complexity index is 837. The van der Waals surface area contributed by atoms with Crippen LogP contribution in [-0.2, 0) is 6.54 Å². The van der Waals surface area contributed by atoms with E-state index in [4.69, 9.17) is 0 Å². The number of benzene rings is 1. The first-order valence-corrected chi connectivity index (χ1v) is 9.74. The lowest BCUT2D eigenvalue weighted by atomic mass is 10.1. The smallest absolute Gasteiger partial charge is 0.319 e. The van der Waals surface area contributed by atoms with Crippen LogP contribution < -0.4 is 16.2 Å². The summed E-state index contributed by atoms with van der Waals surface area (Å²) in [4.78, 5) is 27.5. The number of amides is 2. The van der Waals surface area contributed by atoms with E-state index in [0.717, 1.165) is 37.5 Å². The highest BCUT2D eigenvalue weighted by Gasteiger charge is 2.32. The Morgan fingerprint density at radius 2 is 1.74 bits per heavy atom. The fourth-order valence-corrected chi connectivity index (χ4v) is 3.73. The van der Waals surface area contributed by atoms with Gasteiger partial charge in [-0.3, -0.25) is 4.79 Å². The lowest BCUT2D eigenvalue weighted by Gasteiger charge is -2.32. The van der Waals surface area contributed by atoms with Crippen LogP contribution in [0.3, 0.4) is 0 Å². The van der Waals surface area contributed by atoms with Gasteiger partial charge in [0.2, 0.25) is 0 Å². The molecule has 2 amide bonds. The van der Waals surface area contributed by atoms with Crippen LogP contribution in [0.1, 0.15) is 31.2 Å². The van der Waals surface area contributed by atoms with Crippen molar-refractivity contribution in [2.45, 2.75) is 44.3 Å². The molecular weight excluding hydrogens is 340 g/mol. The predicted octanol–water partition coefficient (Wildman–Crippen LogP) is 2.64. The summed E-state index contributed by atoms with van der Waals surface area (Å²) < 4.78 is 1.61. The van der Waals surface area contributed by atoms with Crippen molar-refractivity contribution in [3.63, 3.8) is 0 Å². The number of pyridine rings is 1. The fraction of sp³-hybridized carbons (Fsp3) is 0.429. The topological polar surface area (TPSA) is 66.4 Å². The maximum absolute atomic E-state index is 12.6. The Balaban J connectivity index is 1.34. The molecule has 1 saturated carbocycles. The van der Waals surface area contributed by atoms with Crippen molar-refractivity contribution in [3.8, 4) is 0 Å². The van der Waals surface area contributed by atoms with Gasteiger partial charge in [-0.25, -0.2) is 4.79 Å². The number of hydrogen-bond donors (Lipinski definition) is 2. The molecule has 0 radical (unpaired) electrons. The first-order chi connectivity index (χ1) is 13.2. The molecule has 1 aromatic carbocycles. The van der Waals surface area contributed by atoms with Crippen LogP contribution in [0.5, 0.6) is 0 Å². The monoisotopic (exact) mass is 366 g/mol. The second kappa shape index (κ2) is 7.96. The summed E-state index contributed by atoms with van der Waals surface area (Å²) in [5.74, 6) is 0. The van der Waals surface area contributed by atoms with Crippen LogP contribution in [-0.4, -0.2) is 40.7 Å². The summed E-state index contributed by atoms with van der Waals surface area (Å²) in [6.45, 7) is 2.58. The molecule has 1 aliphatic carbocycles. The number of carbonyl (C=O) groups excluding carboxylic acids is 1. The molecular formula is C21H26N4O2. The van der Waals surface area contributed by atoms with Crippen molar-refractivity contribution in [1.29, 1.82) is 0 Å². The van der Waals surface area contributed by atoms with E-state index in [1.165, 1.54) is 12.8 Å². The molecule has 1 saturated heterocycles. The number of carbonyl (C=O) groups is 1. The molecule has 2 heterocycles. The van der Waals surface area contributed by atoms with E-state index in [1.54, 1.807) is 22.9 Å². The van der Waals surface area contributed by atoms with Gasteiger partial charge in [-0.15, -0.1) is 0 Å². The Hall–Kier alpha value is -2.60. The third kappa shape index (κ3) is 4.57. The van der Waals surface area contributed by atoms with Crippen molar-refractivity contribution in [2.24, 2.45) is 0 Å².